The smallest absolute Gasteiger partial charge is 0.155 e. The Morgan fingerprint density at radius 3 is 2.71 bits per heavy atom. The van der Waals surface area contributed by atoms with Crippen LogP contribution in [-0.2, 0) is 6.42 Å². The van der Waals surface area contributed by atoms with Gasteiger partial charge >= 0.3 is 0 Å². The van der Waals surface area contributed by atoms with Crippen LogP contribution in [0, 0.1) is 5.92 Å². The van der Waals surface area contributed by atoms with Gasteiger partial charge in [0.05, 0.1) is 11.9 Å². The van der Waals surface area contributed by atoms with E-state index in [9.17, 15) is 5.11 Å². The van der Waals surface area contributed by atoms with Gasteiger partial charge < -0.3 is 10.8 Å². The van der Waals surface area contributed by atoms with Crippen LogP contribution in [0.1, 0.15) is 69.3 Å². The van der Waals surface area contributed by atoms with Gasteiger partial charge in [-0.15, -0.1) is 0 Å². The maximum absolute atomic E-state index is 9.77. The highest BCUT2D eigenvalue weighted by atomic mass is 16.3. The monoisotopic (exact) mass is 289 g/mol. The largest absolute Gasteiger partial charge is 0.504 e. The molecule has 4 heteroatoms. The Morgan fingerprint density at radius 2 is 1.95 bits per heavy atom. The molecule has 1 aromatic heterocycles. The van der Waals surface area contributed by atoms with Gasteiger partial charge in [-0.25, -0.2) is 9.97 Å². The second-order valence-electron chi connectivity index (χ2n) is 6.02. The number of aryl methyl sites for hydroxylation is 1. The van der Waals surface area contributed by atoms with E-state index in [0.717, 1.165) is 24.5 Å². The molecular formula is C17H27N3O. The Morgan fingerprint density at radius 1 is 1.19 bits per heavy atom. The lowest BCUT2D eigenvalue weighted by Crippen LogP contribution is -1.97. The van der Waals surface area contributed by atoms with E-state index in [1.165, 1.54) is 63.8 Å². The zero-order valence-corrected chi connectivity index (χ0v) is 12.8. The van der Waals surface area contributed by atoms with Crippen LogP contribution in [-0.4, -0.2) is 15.1 Å². The van der Waals surface area contributed by atoms with Crippen molar-refractivity contribution in [1.82, 2.24) is 9.97 Å². The molecule has 0 atom stereocenters. The minimum absolute atomic E-state index is 0.190. The molecule has 116 valence electrons. The molecule has 0 spiro atoms. The molecule has 1 aliphatic carbocycles. The summed E-state index contributed by atoms with van der Waals surface area (Å²) in [5.41, 5.74) is 6.06. The van der Waals surface area contributed by atoms with Crippen LogP contribution in [0.5, 0.6) is 5.75 Å². The second kappa shape index (κ2) is 8.65. The number of hydrogen-bond donors (Lipinski definition) is 2. The Bertz CT molecular complexity index is 453. The average molecular weight is 289 g/mol. The van der Waals surface area contributed by atoms with E-state index in [1.807, 2.05) is 0 Å². The lowest BCUT2D eigenvalue weighted by Gasteiger charge is -2.08. The van der Waals surface area contributed by atoms with Gasteiger partial charge in [0, 0.05) is 0 Å². The number of aromatic nitrogens is 2. The zero-order valence-electron chi connectivity index (χ0n) is 12.8. The maximum Gasteiger partial charge on any atom is 0.155 e. The molecule has 1 aliphatic rings. The third-order valence-corrected chi connectivity index (χ3v) is 4.36. The van der Waals surface area contributed by atoms with Crippen LogP contribution in [0.15, 0.2) is 12.4 Å². The van der Waals surface area contributed by atoms with Gasteiger partial charge in [0.1, 0.15) is 0 Å². The third kappa shape index (κ3) is 5.37. The molecule has 1 saturated carbocycles. The van der Waals surface area contributed by atoms with E-state index in [0.29, 0.717) is 5.82 Å². The van der Waals surface area contributed by atoms with Crippen molar-refractivity contribution in [1.29, 1.82) is 0 Å². The Kier molecular flexibility index (Phi) is 6.51. The molecule has 1 fully saturated rings. The normalized spacial score (nSPS) is 16.0. The van der Waals surface area contributed by atoms with Crippen LogP contribution in [0.25, 0.3) is 6.08 Å². The molecule has 21 heavy (non-hydrogen) atoms. The lowest BCUT2D eigenvalue weighted by atomic mass is 9.99. The molecule has 0 aliphatic heterocycles. The van der Waals surface area contributed by atoms with Crippen molar-refractivity contribution in [2.45, 2.75) is 64.2 Å². The van der Waals surface area contributed by atoms with Gasteiger partial charge in [-0.3, -0.25) is 0 Å². The minimum Gasteiger partial charge on any atom is -0.504 e. The van der Waals surface area contributed by atoms with E-state index in [1.54, 1.807) is 6.08 Å². The Balaban J connectivity index is 1.64. The maximum atomic E-state index is 9.77. The molecule has 0 unspecified atom stereocenters. The van der Waals surface area contributed by atoms with Crippen LogP contribution in [0.4, 0.5) is 0 Å². The second-order valence-corrected chi connectivity index (χ2v) is 6.02. The molecule has 1 heterocycles. The van der Waals surface area contributed by atoms with Crippen molar-refractivity contribution in [2.75, 3.05) is 0 Å². The van der Waals surface area contributed by atoms with Crippen molar-refractivity contribution in [3.63, 3.8) is 0 Å². The number of nitrogens with zero attached hydrogens (tertiary/aromatic N) is 2. The standard InChI is InChI=1S/C17H27N3O/c18-12-11-17-19-13-16(21)15(20-17)10-4-2-1-3-7-14-8-5-6-9-14/h11-14,21H,1-10,18H2/b12-11-. The molecule has 0 amide bonds. The fourth-order valence-corrected chi connectivity index (χ4v) is 3.15. The lowest BCUT2D eigenvalue weighted by molar-refractivity contribution is 0.452. The van der Waals surface area contributed by atoms with Gasteiger partial charge in [0.25, 0.3) is 0 Å². The summed E-state index contributed by atoms with van der Waals surface area (Å²) in [6.07, 6.45) is 17.4. The van der Waals surface area contributed by atoms with Crippen LogP contribution < -0.4 is 5.73 Å². The number of unbranched alkanes of at least 4 members (excludes halogenated alkanes) is 3. The van der Waals surface area contributed by atoms with Crippen molar-refractivity contribution >= 4 is 6.08 Å². The van der Waals surface area contributed by atoms with Gasteiger partial charge in [0.2, 0.25) is 0 Å². The first kappa shape index (κ1) is 15.8. The molecule has 0 saturated heterocycles. The molecule has 4 nitrogen and oxygen atoms in total. The first-order chi connectivity index (χ1) is 10.3. The summed E-state index contributed by atoms with van der Waals surface area (Å²) < 4.78 is 0. The van der Waals surface area contributed by atoms with Gasteiger partial charge in [-0.2, -0.15) is 0 Å². The summed E-state index contributed by atoms with van der Waals surface area (Å²) in [7, 11) is 0. The van der Waals surface area contributed by atoms with Gasteiger partial charge in [0.15, 0.2) is 11.6 Å². The molecule has 0 bridgehead atoms. The highest BCUT2D eigenvalue weighted by Crippen LogP contribution is 2.29. The zero-order chi connectivity index (χ0) is 14.9. The van der Waals surface area contributed by atoms with E-state index in [-0.39, 0.29) is 5.75 Å². The average Bonchev–Trinajstić information content (AvgIpc) is 2.99. The molecule has 0 radical (unpaired) electrons. The van der Waals surface area contributed by atoms with Gasteiger partial charge in [-0.1, -0.05) is 51.4 Å². The molecule has 3 N–H and O–H groups in total. The Labute approximate surface area is 127 Å². The minimum atomic E-state index is 0.190. The number of aromatic hydroxyl groups is 1. The van der Waals surface area contributed by atoms with Gasteiger partial charge in [-0.05, 0) is 31.0 Å². The summed E-state index contributed by atoms with van der Waals surface area (Å²) in [4.78, 5) is 8.32. The van der Waals surface area contributed by atoms with E-state index >= 15 is 0 Å². The number of hydrogen-bond acceptors (Lipinski definition) is 4. The summed E-state index contributed by atoms with van der Waals surface area (Å²) in [6, 6.07) is 0. The SMILES string of the molecule is N/C=C\c1ncc(O)c(CCCCCCC2CCCC2)n1. The van der Waals surface area contributed by atoms with Crippen molar-refractivity contribution in [3.05, 3.63) is 23.9 Å². The predicted molar refractivity (Wildman–Crippen MR) is 85.7 cm³/mol. The summed E-state index contributed by atoms with van der Waals surface area (Å²) >= 11 is 0. The highest BCUT2D eigenvalue weighted by molar-refractivity contribution is 5.40. The summed E-state index contributed by atoms with van der Waals surface area (Å²) in [6.45, 7) is 0. The predicted octanol–water partition coefficient (Wildman–Crippen LogP) is 3.79. The van der Waals surface area contributed by atoms with Crippen LogP contribution in [0.3, 0.4) is 0 Å². The van der Waals surface area contributed by atoms with Crippen molar-refractivity contribution < 1.29 is 5.11 Å². The summed E-state index contributed by atoms with van der Waals surface area (Å²) in [5.74, 6) is 1.75. The topological polar surface area (TPSA) is 72.0 Å². The summed E-state index contributed by atoms with van der Waals surface area (Å²) in [5, 5.41) is 9.77. The molecular weight excluding hydrogens is 262 g/mol. The fourth-order valence-electron chi connectivity index (χ4n) is 3.15. The van der Waals surface area contributed by atoms with E-state index < -0.39 is 0 Å². The molecule has 0 aromatic carbocycles. The number of nitrogens with two attached hydrogens (primary N) is 1. The quantitative estimate of drug-likeness (QED) is 0.714. The van der Waals surface area contributed by atoms with E-state index in [2.05, 4.69) is 9.97 Å². The van der Waals surface area contributed by atoms with Crippen molar-refractivity contribution in [3.8, 4) is 5.75 Å². The highest BCUT2D eigenvalue weighted by Gasteiger charge is 2.13. The van der Waals surface area contributed by atoms with Crippen LogP contribution in [0.2, 0.25) is 0 Å². The number of rotatable bonds is 8. The van der Waals surface area contributed by atoms with E-state index in [4.69, 9.17) is 5.73 Å². The first-order valence-electron chi connectivity index (χ1n) is 8.22. The molecule has 1 aromatic rings. The van der Waals surface area contributed by atoms with Crippen molar-refractivity contribution in [2.24, 2.45) is 11.7 Å². The first-order valence-corrected chi connectivity index (χ1v) is 8.22. The van der Waals surface area contributed by atoms with Crippen LogP contribution >= 0.6 is 0 Å². The molecule has 2 rings (SSSR count). The fraction of sp³-hybridized carbons (Fsp3) is 0.647. The Hall–Kier alpha value is -1.58. The third-order valence-electron chi connectivity index (χ3n) is 4.36.